The lowest BCUT2D eigenvalue weighted by molar-refractivity contribution is 0.188. The molecule has 1 rings (SSSR count). The van der Waals surface area contributed by atoms with Crippen LogP contribution in [-0.4, -0.2) is 33.2 Å². The number of hydrogen-bond acceptors (Lipinski definition) is 4. The van der Waals surface area contributed by atoms with E-state index < -0.39 is 10.0 Å². The first kappa shape index (κ1) is 17.0. The smallest absolute Gasteiger partial charge is 0.216 e. The number of nitrogens with one attached hydrogen (secondary N) is 1. The molecule has 3 N–H and O–H groups in total. The largest absolute Gasteiger partial charge is 0.389 e. The third-order valence-corrected chi connectivity index (χ3v) is 4.41. The van der Waals surface area contributed by atoms with E-state index >= 15 is 0 Å². The highest BCUT2D eigenvalue weighted by Crippen LogP contribution is 2.09. The molecule has 0 bridgehead atoms. The summed E-state index contributed by atoms with van der Waals surface area (Å²) in [5.41, 5.74) is 6.86. The Bertz CT molecular complexity index is 558. The van der Waals surface area contributed by atoms with Crippen LogP contribution in [-0.2, 0) is 20.5 Å². The Kier molecular flexibility index (Phi) is 6.54. The second kappa shape index (κ2) is 7.68. The van der Waals surface area contributed by atoms with Crippen molar-refractivity contribution in [2.75, 3.05) is 13.7 Å². The zero-order valence-corrected chi connectivity index (χ0v) is 13.3. The number of benzene rings is 1. The van der Waals surface area contributed by atoms with Crippen LogP contribution >= 0.6 is 12.2 Å². The molecule has 0 aromatic heterocycles. The van der Waals surface area contributed by atoms with Crippen LogP contribution in [0.1, 0.15) is 24.5 Å². The minimum Gasteiger partial charge on any atom is -0.389 e. The van der Waals surface area contributed by atoms with Crippen molar-refractivity contribution >= 4 is 27.2 Å². The van der Waals surface area contributed by atoms with Gasteiger partial charge in [-0.25, -0.2) is 13.1 Å². The second-order valence-corrected chi connectivity index (χ2v) is 6.82. The van der Waals surface area contributed by atoms with Crippen LogP contribution in [0.4, 0.5) is 0 Å². The molecular weight excluding hydrogens is 296 g/mol. The summed E-state index contributed by atoms with van der Waals surface area (Å²) in [7, 11) is -1.81. The maximum Gasteiger partial charge on any atom is 0.216 e. The summed E-state index contributed by atoms with van der Waals surface area (Å²) >= 11 is 4.88. The lowest BCUT2D eigenvalue weighted by atomic mass is 10.1. The van der Waals surface area contributed by atoms with Gasteiger partial charge in [0.15, 0.2) is 0 Å². The molecule has 0 radical (unpaired) electrons. The van der Waals surface area contributed by atoms with Crippen LogP contribution in [0.5, 0.6) is 0 Å². The normalized spacial score (nSPS) is 13.1. The van der Waals surface area contributed by atoms with Gasteiger partial charge in [-0.2, -0.15) is 0 Å². The Hall–Kier alpha value is -1.02. The standard InChI is InChI=1S/C13H20N2O3S2/c1-10(6-7-18-2)15-20(16,17)9-11-4-3-5-12(8-11)13(14)19/h3-5,8,10,15H,6-7,9H2,1-2H3,(H2,14,19). The fourth-order valence-electron chi connectivity index (χ4n) is 1.74. The van der Waals surface area contributed by atoms with Crippen LogP contribution in [0.15, 0.2) is 24.3 Å². The summed E-state index contributed by atoms with van der Waals surface area (Å²) in [6, 6.07) is 6.77. The molecule has 5 nitrogen and oxygen atoms in total. The fraction of sp³-hybridized carbons (Fsp3) is 0.462. The molecule has 1 aromatic carbocycles. The first-order chi connectivity index (χ1) is 9.34. The quantitative estimate of drug-likeness (QED) is 0.704. The second-order valence-electron chi connectivity index (χ2n) is 4.62. The van der Waals surface area contributed by atoms with Gasteiger partial charge >= 0.3 is 0 Å². The van der Waals surface area contributed by atoms with Crippen molar-refractivity contribution < 1.29 is 13.2 Å². The summed E-state index contributed by atoms with van der Waals surface area (Å²) in [5, 5.41) is 0. The molecule has 0 aliphatic carbocycles. The molecule has 0 heterocycles. The molecule has 1 atom stereocenters. The van der Waals surface area contributed by atoms with Crippen molar-refractivity contribution in [1.82, 2.24) is 4.72 Å². The molecule has 0 saturated heterocycles. The van der Waals surface area contributed by atoms with E-state index in [4.69, 9.17) is 22.7 Å². The minimum absolute atomic E-state index is 0.0965. The van der Waals surface area contributed by atoms with E-state index in [-0.39, 0.29) is 16.8 Å². The lowest BCUT2D eigenvalue weighted by Gasteiger charge is -2.14. The molecule has 0 saturated carbocycles. The molecule has 0 amide bonds. The summed E-state index contributed by atoms with van der Waals surface area (Å²) in [6.07, 6.45) is 0.628. The van der Waals surface area contributed by atoms with E-state index in [9.17, 15) is 8.42 Å². The number of ether oxygens (including phenoxy) is 1. The number of hydrogen-bond donors (Lipinski definition) is 2. The van der Waals surface area contributed by atoms with Gasteiger partial charge in [-0.05, 0) is 25.0 Å². The Morgan fingerprint density at radius 3 is 2.80 bits per heavy atom. The molecule has 0 spiro atoms. The predicted molar refractivity (Wildman–Crippen MR) is 84.0 cm³/mol. The summed E-state index contributed by atoms with van der Waals surface area (Å²) in [5.74, 6) is -0.0965. The average molecular weight is 316 g/mol. The van der Waals surface area contributed by atoms with Crippen molar-refractivity contribution in [1.29, 1.82) is 0 Å². The number of nitrogens with two attached hydrogens (primary N) is 1. The molecule has 112 valence electrons. The van der Waals surface area contributed by atoms with E-state index in [2.05, 4.69) is 4.72 Å². The van der Waals surface area contributed by atoms with Crippen molar-refractivity contribution in [2.45, 2.75) is 25.1 Å². The van der Waals surface area contributed by atoms with E-state index in [1.807, 2.05) is 6.92 Å². The van der Waals surface area contributed by atoms with Crippen molar-refractivity contribution in [3.8, 4) is 0 Å². The Labute approximate surface area is 125 Å². The lowest BCUT2D eigenvalue weighted by Crippen LogP contribution is -2.34. The predicted octanol–water partition coefficient (Wildman–Crippen LogP) is 1.17. The summed E-state index contributed by atoms with van der Waals surface area (Å²) in [6.45, 7) is 2.32. The van der Waals surface area contributed by atoms with Crippen LogP contribution < -0.4 is 10.5 Å². The van der Waals surface area contributed by atoms with Gasteiger partial charge in [-0.1, -0.05) is 30.4 Å². The fourth-order valence-corrected chi connectivity index (χ4v) is 3.30. The van der Waals surface area contributed by atoms with Crippen molar-refractivity contribution in [2.24, 2.45) is 5.73 Å². The monoisotopic (exact) mass is 316 g/mol. The van der Waals surface area contributed by atoms with E-state index in [0.29, 0.717) is 24.2 Å². The first-order valence-corrected chi connectivity index (χ1v) is 8.28. The Morgan fingerprint density at radius 2 is 2.20 bits per heavy atom. The van der Waals surface area contributed by atoms with Crippen LogP contribution in [0.3, 0.4) is 0 Å². The number of sulfonamides is 1. The van der Waals surface area contributed by atoms with Gasteiger partial charge in [0.25, 0.3) is 0 Å². The third kappa shape index (κ3) is 5.96. The molecule has 0 aliphatic rings. The van der Waals surface area contributed by atoms with Gasteiger partial charge in [-0.3, -0.25) is 0 Å². The van der Waals surface area contributed by atoms with Crippen LogP contribution in [0.2, 0.25) is 0 Å². The van der Waals surface area contributed by atoms with Gasteiger partial charge in [0.1, 0.15) is 4.99 Å². The van der Waals surface area contributed by atoms with Crippen molar-refractivity contribution in [3.63, 3.8) is 0 Å². The van der Waals surface area contributed by atoms with Gasteiger partial charge in [0.2, 0.25) is 10.0 Å². The third-order valence-electron chi connectivity index (χ3n) is 2.70. The minimum atomic E-state index is -3.40. The van der Waals surface area contributed by atoms with Gasteiger partial charge < -0.3 is 10.5 Å². The SMILES string of the molecule is COCCC(C)NS(=O)(=O)Cc1cccc(C(N)=S)c1. The highest BCUT2D eigenvalue weighted by molar-refractivity contribution is 7.88. The van der Waals surface area contributed by atoms with Gasteiger partial charge in [-0.15, -0.1) is 0 Å². The molecule has 1 unspecified atom stereocenters. The Morgan fingerprint density at radius 1 is 1.50 bits per heavy atom. The van der Waals surface area contributed by atoms with Crippen molar-refractivity contribution in [3.05, 3.63) is 35.4 Å². The highest BCUT2D eigenvalue weighted by Gasteiger charge is 2.15. The number of methoxy groups -OCH3 is 1. The molecular formula is C13H20N2O3S2. The van der Waals surface area contributed by atoms with E-state index in [0.717, 1.165) is 0 Å². The summed E-state index contributed by atoms with van der Waals surface area (Å²) in [4.78, 5) is 0.255. The van der Waals surface area contributed by atoms with Gasteiger partial charge in [0.05, 0.1) is 5.75 Å². The number of thiocarbonyl (C=S) groups is 1. The molecule has 0 fully saturated rings. The summed E-state index contributed by atoms with van der Waals surface area (Å²) < 4.78 is 31.6. The zero-order chi connectivity index (χ0) is 15.2. The topological polar surface area (TPSA) is 81.4 Å². The first-order valence-electron chi connectivity index (χ1n) is 6.22. The zero-order valence-electron chi connectivity index (χ0n) is 11.6. The number of rotatable bonds is 8. The van der Waals surface area contributed by atoms with E-state index in [1.165, 1.54) is 0 Å². The Balaban J connectivity index is 2.71. The van der Waals surface area contributed by atoms with Crippen LogP contribution in [0.25, 0.3) is 0 Å². The highest BCUT2D eigenvalue weighted by atomic mass is 32.2. The molecule has 1 aromatic rings. The van der Waals surface area contributed by atoms with E-state index in [1.54, 1.807) is 31.4 Å². The average Bonchev–Trinajstić information content (AvgIpc) is 2.35. The van der Waals surface area contributed by atoms with Crippen LogP contribution in [0, 0.1) is 0 Å². The molecule has 20 heavy (non-hydrogen) atoms. The molecule has 7 heteroatoms. The maximum atomic E-state index is 12.0. The maximum absolute atomic E-state index is 12.0. The molecule has 0 aliphatic heterocycles. The van der Waals surface area contributed by atoms with Gasteiger partial charge in [0, 0.05) is 25.3 Å².